The van der Waals surface area contributed by atoms with Gasteiger partial charge in [0.25, 0.3) is 0 Å². The molecule has 0 radical (unpaired) electrons. The summed E-state index contributed by atoms with van der Waals surface area (Å²) in [5.74, 6) is 0.921. The van der Waals surface area contributed by atoms with Crippen LogP contribution in [0.2, 0.25) is 0 Å². The first-order valence-electron chi connectivity index (χ1n) is 7.37. The Bertz CT molecular complexity index is 494. The molecule has 2 heterocycles. The topological polar surface area (TPSA) is 55.3 Å². The standard InChI is InChI=1S/C15H21N3O2/c1-10-7-11(2)17-15(16-10)20-13-5-6-18(9-13)14(19)8-12-3-4-12/h7,12-13H,3-6,8-9H2,1-2H3/t13-/m0/s1. The first-order chi connectivity index (χ1) is 9.60. The van der Waals surface area contributed by atoms with E-state index in [0.717, 1.165) is 24.4 Å². The fourth-order valence-electron chi connectivity index (χ4n) is 2.64. The minimum Gasteiger partial charge on any atom is -0.458 e. The normalized spacial score (nSPS) is 22.1. The third-order valence-corrected chi connectivity index (χ3v) is 3.89. The van der Waals surface area contributed by atoms with Crippen molar-refractivity contribution in [1.29, 1.82) is 0 Å². The molecule has 1 aliphatic heterocycles. The van der Waals surface area contributed by atoms with Crippen molar-refractivity contribution in [2.75, 3.05) is 13.1 Å². The van der Waals surface area contributed by atoms with Gasteiger partial charge in [-0.3, -0.25) is 4.79 Å². The number of nitrogens with zero attached hydrogens (tertiary/aromatic N) is 3. The van der Waals surface area contributed by atoms with Crippen molar-refractivity contribution in [3.8, 4) is 6.01 Å². The van der Waals surface area contributed by atoms with Gasteiger partial charge in [-0.1, -0.05) is 0 Å². The second-order valence-electron chi connectivity index (χ2n) is 5.95. The van der Waals surface area contributed by atoms with E-state index < -0.39 is 0 Å². The Balaban J connectivity index is 1.55. The number of hydrogen-bond donors (Lipinski definition) is 0. The summed E-state index contributed by atoms with van der Waals surface area (Å²) in [6.45, 7) is 5.33. The van der Waals surface area contributed by atoms with Crippen LogP contribution in [-0.4, -0.2) is 40.0 Å². The van der Waals surface area contributed by atoms with Crippen LogP contribution in [0.4, 0.5) is 0 Å². The number of carbonyl (C=O) groups excluding carboxylic acids is 1. The zero-order chi connectivity index (χ0) is 14.1. The Hall–Kier alpha value is -1.65. The number of likely N-dealkylation sites (tertiary alicyclic amines) is 1. The number of ether oxygens (including phenoxy) is 1. The molecule has 5 heteroatoms. The van der Waals surface area contributed by atoms with Gasteiger partial charge in [0.2, 0.25) is 5.91 Å². The van der Waals surface area contributed by atoms with E-state index in [2.05, 4.69) is 9.97 Å². The Morgan fingerprint density at radius 1 is 1.30 bits per heavy atom. The lowest BCUT2D eigenvalue weighted by Gasteiger charge is -2.16. The molecule has 1 saturated heterocycles. The van der Waals surface area contributed by atoms with E-state index in [1.807, 2.05) is 24.8 Å². The summed E-state index contributed by atoms with van der Waals surface area (Å²) in [6, 6.07) is 2.36. The van der Waals surface area contributed by atoms with Gasteiger partial charge in [0.1, 0.15) is 6.10 Å². The summed E-state index contributed by atoms with van der Waals surface area (Å²) in [4.78, 5) is 22.5. The number of aryl methyl sites for hydroxylation is 2. The van der Waals surface area contributed by atoms with Crippen LogP contribution in [0.25, 0.3) is 0 Å². The van der Waals surface area contributed by atoms with Gasteiger partial charge < -0.3 is 9.64 Å². The Labute approximate surface area is 119 Å². The van der Waals surface area contributed by atoms with Crippen LogP contribution in [0.1, 0.15) is 37.1 Å². The lowest BCUT2D eigenvalue weighted by atomic mass is 10.2. The molecule has 0 bridgehead atoms. The molecule has 1 amide bonds. The molecule has 1 aromatic rings. The summed E-state index contributed by atoms with van der Waals surface area (Å²) < 4.78 is 5.82. The zero-order valence-electron chi connectivity index (χ0n) is 12.1. The van der Waals surface area contributed by atoms with E-state index in [-0.39, 0.29) is 12.0 Å². The highest BCUT2D eigenvalue weighted by molar-refractivity contribution is 5.77. The molecule has 3 rings (SSSR count). The van der Waals surface area contributed by atoms with Gasteiger partial charge in [-0.25, -0.2) is 9.97 Å². The third kappa shape index (κ3) is 3.26. The van der Waals surface area contributed by atoms with Gasteiger partial charge in [0.05, 0.1) is 6.54 Å². The van der Waals surface area contributed by atoms with Crippen LogP contribution in [0.15, 0.2) is 6.07 Å². The Morgan fingerprint density at radius 2 is 2.00 bits per heavy atom. The summed E-state index contributed by atoms with van der Waals surface area (Å²) >= 11 is 0. The smallest absolute Gasteiger partial charge is 0.317 e. The van der Waals surface area contributed by atoms with Crippen LogP contribution >= 0.6 is 0 Å². The molecule has 0 N–H and O–H groups in total. The highest BCUT2D eigenvalue weighted by atomic mass is 16.5. The second-order valence-corrected chi connectivity index (χ2v) is 5.95. The summed E-state index contributed by atoms with van der Waals surface area (Å²) in [5, 5.41) is 0. The predicted octanol–water partition coefficient (Wildman–Crippen LogP) is 1.87. The van der Waals surface area contributed by atoms with Gasteiger partial charge in [0, 0.05) is 30.8 Å². The molecular weight excluding hydrogens is 254 g/mol. The summed E-state index contributed by atoms with van der Waals surface area (Å²) in [7, 11) is 0. The van der Waals surface area contributed by atoms with Crippen LogP contribution in [-0.2, 0) is 4.79 Å². The quantitative estimate of drug-likeness (QED) is 0.842. The monoisotopic (exact) mass is 275 g/mol. The SMILES string of the molecule is Cc1cc(C)nc(O[C@H]2CCN(C(=O)CC3CC3)C2)n1. The van der Waals surface area contributed by atoms with E-state index in [9.17, 15) is 4.79 Å². The predicted molar refractivity (Wildman–Crippen MR) is 74.5 cm³/mol. The second kappa shape index (κ2) is 5.38. The van der Waals surface area contributed by atoms with Crippen LogP contribution in [0.3, 0.4) is 0 Å². The fourth-order valence-corrected chi connectivity index (χ4v) is 2.64. The molecule has 0 unspecified atom stereocenters. The number of carbonyl (C=O) groups is 1. The van der Waals surface area contributed by atoms with Crippen molar-refractivity contribution < 1.29 is 9.53 Å². The maximum Gasteiger partial charge on any atom is 0.317 e. The van der Waals surface area contributed by atoms with E-state index in [1.165, 1.54) is 12.8 Å². The van der Waals surface area contributed by atoms with Gasteiger partial charge in [-0.05, 0) is 38.7 Å². The van der Waals surface area contributed by atoms with E-state index in [4.69, 9.17) is 4.74 Å². The van der Waals surface area contributed by atoms with Crippen LogP contribution < -0.4 is 4.74 Å². The molecule has 20 heavy (non-hydrogen) atoms. The summed E-state index contributed by atoms with van der Waals surface area (Å²) in [5.41, 5.74) is 1.82. The maximum absolute atomic E-state index is 12.0. The van der Waals surface area contributed by atoms with Crippen LogP contribution in [0, 0.1) is 19.8 Å². The van der Waals surface area contributed by atoms with Crippen molar-refractivity contribution >= 4 is 5.91 Å². The third-order valence-electron chi connectivity index (χ3n) is 3.89. The van der Waals surface area contributed by atoms with Crippen molar-refractivity contribution in [1.82, 2.24) is 14.9 Å². The van der Waals surface area contributed by atoms with Crippen molar-refractivity contribution in [3.63, 3.8) is 0 Å². The van der Waals surface area contributed by atoms with Gasteiger partial charge in [-0.15, -0.1) is 0 Å². The molecule has 0 spiro atoms. The van der Waals surface area contributed by atoms with Crippen molar-refractivity contribution in [3.05, 3.63) is 17.5 Å². The van der Waals surface area contributed by atoms with Crippen molar-refractivity contribution in [2.24, 2.45) is 5.92 Å². The highest BCUT2D eigenvalue weighted by Crippen LogP contribution is 2.33. The fraction of sp³-hybridized carbons (Fsp3) is 0.667. The molecule has 2 fully saturated rings. The molecule has 1 saturated carbocycles. The first-order valence-corrected chi connectivity index (χ1v) is 7.37. The number of amides is 1. The lowest BCUT2D eigenvalue weighted by Crippen LogP contribution is -2.31. The zero-order valence-corrected chi connectivity index (χ0v) is 12.1. The molecule has 5 nitrogen and oxygen atoms in total. The average molecular weight is 275 g/mol. The molecular formula is C15H21N3O2. The number of hydrogen-bond acceptors (Lipinski definition) is 4. The Morgan fingerprint density at radius 3 is 2.65 bits per heavy atom. The highest BCUT2D eigenvalue weighted by Gasteiger charge is 2.32. The van der Waals surface area contributed by atoms with Crippen LogP contribution in [0.5, 0.6) is 6.01 Å². The first kappa shape index (κ1) is 13.3. The molecule has 1 aromatic heterocycles. The van der Waals surface area contributed by atoms with E-state index in [0.29, 0.717) is 24.9 Å². The number of rotatable bonds is 4. The van der Waals surface area contributed by atoms with Gasteiger partial charge in [0.15, 0.2) is 0 Å². The minimum absolute atomic E-state index is 0.0272. The number of aromatic nitrogens is 2. The maximum atomic E-state index is 12.0. The van der Waals surface area contributed by atoms with Crippen molar-refractivity contribution in [2.45, 2.75) is 45.6 Å². The molecule has 108 valence electrons. The molecule has 0 aromatic carbocycles. The largest absolute Gasteiger partial charge is 0.458 e. The molecule has 1 atom stereocenters. The lowest BCUT2D eigenvalue weighted by molar-refractivity contribution is -0.130. The van der Waals surface area contributed by atoms with E-state index in [1.54, 1.807) is 0 Å². The minimum atomic E-state index is 0.0272. The Kier molecular flexibility index (Phi) is 3.59. The van der Waals surface area contributed by atoms with Gasteiger partial charge >= 0.3 is 6.01 Å². The van der Waals surface area contributed by atoms with Gasteiger partial charge in [-0.2, -0.15) is 0 Å². The average Bonchev–Trinajstić information content (AvgIpc) is 3.04. The molecule has 2 aliphatic rings. The summed E-state index contributed by atoms with van der Waals surface area (Å²) in [6.07, 6.45) is 4.05. The molecule has 1 aliphatic carbocycles. The van der Waals surface area contributed by atoms with E-state index >= 15 is 0 Å².